The maximum atomic E-state index is 10.1. The van der Waals surface area contributed by atoms with Gasteiger partial charge in [-0.05, 0) is 6.07 Å². The van der Waals surface area contributed by atoms with Crippen LogP contribution in [0, 0.1) is 0 Å². The van der Waals surface area contributed by atoms with Crippen LogP contribution in [0.25, 0.3) is 0 Å². The summed E-state index contributed by atoms with van der Waals surface area (Å²) in [4.78, 5) is 10.1. The Morgan fingerprint density at radius 2 is 2.12 bits per heavy atom. The summed E-state index contributed by atoms with van der Waals surface area (Å²) in [6.07, 6.45) is 1.35. The molecule has 1 rings (SSSR count). The standard InChI is InChI=1S/C5H4O2.Na/c6-5-3-1-2-4-7-5;/h1-4H;. The zero-order valence-electron chi connectivity index (χ0n) is 4.63. The van der Waals surface area contributed by atoms with E-state index in [1.807, 2.05) is 0 Å². The van der Waals surface area contributed by atoms with Gasteiger partial charge in [-0.15, -0.1) is 0 Å². The summed E-state index contributed by atoms with van der Waals surface area (Å²) in [7, 11) is 0. The smallest absolute Gasteiger partial charge is 0.335 e. The number of rotatable bonds is 0. The summed E-state index contributed by atoms with van der Waals surface area (Å²) in [5.41, 5.74) is -0.303. The molecule has 8 heavy (non-hydrogen) atoms. The molecule has 3 heteroatoms. The van der Waals surface area contributed by atoms with Gasteiger partial charge in [-0.2, -0.15) is 0 Å². The molecule has 0 unspecified atom stereocenters. The van der Waals surface area contributed by atoms with Crippen molar-refractivity contribution in [2.45, 2.75) is 0 Å². The molecule has 0 saturated heterocycles. The Kier molecular flexibility index (Phi) is 3.87. The van der Waals surface area contributed by atoms with Gasteiger partial charge in [-0.25, -0.2) is 4.79 Å². The first-order valence-corrected chi connectivity index (χ1v) is 1.93. The van der Waals surface area contributed by atoms with Crippen molar-refractivity contribution in [1.29, 1.82) is 0 Å². The van der Waals surface area contributed by atoms with Gasteiger partial charge in [0.05, 0.1) is 6.26 Å². The Labute approximate surface area is 68.8 Å². The molecule has 0 aromatic carbocycles. The van der Waals surface area contributed by atoms with Crippen molar-refractivity contribution in [2.24, 2.45) is 0 Å². The minimum Gasteiger partial charge on any atom is -0.431 e. The SMILES string of the molecule is O=c1cccco1.[Na]. The van der Waals surface area contributed by atoms with E-state index in [4.69, 9.17) is 0 Å². The van der Waals surface area contributed by atoms with Crippen LogP contribution in [-0.4, -0.2) is 29.6 Å². The van der Waals surface area contributed by atoms with Crippen LogP contribution in [0.1, 0.15) is 0 Å². The van der Waals surface area contributed by atoms with E-state index in [2.05, 4.69) is 4.42 Å². The van der Waals surface area contributed by atoms with E-state index >= 15 is 0 Å². The Balaban J connectivity index is 0.000000490. The van der Waals surface area contributed by atoms with Crippen LogP contribution in [-0.2, 0) is 0 Å². The maximum absolute atomic E-state index is 10.1. The average Bonchev–Trinajstić information content (AvgIpc) is 1.69. The molecule has 0 fully saturated rings. The third-order valence-electron chi connectivity index (χ3n) is 0.606. The van der Waals surface area contributed by atoms with Crippen LogP contribution in [0.5, 0.6) is 0 Å². The Bertz CT molecular complexity index is 176. The quantitative estimate of drug-likeness (QED) is 0.458. The summed E-state index contributed by atoms with van der Waals surface area (Å²) in [6, 6.07) is 4.65. The molecule has 2 nitrogen and oxygen atoms in total. The molecule has 37 valence electrons. The second-order valence-electron chi connectivity index (χ2n) is 1.12. The molecule has 1 aromatic rings. The van der Waals surface area contributed by atoms with Crippen LogP contribution in [0.4, 0.5) is 0 Å². The molecule has 0 spiro atoms. The number of hydrogen-bond donors (Lipinski definition) is 0. The number of hydrogen-bond acceptors (Lipinski definition) is 2. The molecule has 0 amide bonds. The molecule has 0 bridgehead atoms. The molecule has 1 aromatic heterocycles. The zero-order valence-corrected chi connectivity index (χ0v) is 6.63. The molecular weight excluding hydrogens is 115 g/mol. The first-order valence-electron chi connectivity index (χ1n) is 1.93. The van der Waals surface area contributed by atoms with Gasteiger partial charge in [0.1, 0.15) is 0 Å². The molecule has 1 heterocycles. The van der Waals surface area contributed by atoms with E-state index in [0.29, 0.717) is 0 Å². The van der Waals surface area contributed by atoms with Crippen molar-refractivity contribution < 1.29 is 4.42 Å². The van der Waals surface area contributed by atoms with Crippen molar-refractivity contribution in [1.82, 2.24) is 0 Å². The molecular formula is C5H4NaO2. The molecule has 0 aliphatic rings. The van der Waals surface area contributed by atoms with E-state index in [9.17, 15) is 4.79 Å². The van der Waals surface area contributed by atoms with Gasteiger partial charge in [-0.1, -0.05) is 6.07 Å². The molecule has 0 N–H and O–H groups in total. The average molecular weight is 119 g/mol. The molecule has 0 saturated carbocycles. The Morgan fingerprint density at radius 1 is 1.38 bits per heavy atom. The predicted octanol–water partition coefficient (Wildman–Crippen LogP) is 0.259. The summed E-state index contributed by atoms with van der Waals surface area (Å²) < 4.78 is 4.37. The van der Waals surface area contributed by atoms with Crippen LogP contribution in [0.2, 0.25) is 0 Å². The monoisotopic (exact) mass is 119 g/mol. The second kappa shape index (κ2) is 3.89. The summed E-state index contributed by atoms with van der Waals surface area (Å²) in [5, 5.41) is 0. The van der Waals surface area contributed by atoms with Gasteiger partial charge in [-0.3, -0.25) is 0 Å². The molecule has 0 aliphatic heterocycles. The third-order valence-corrected chi connectivity index (χ3v) is 0.606. The van der Waals surface area contributed by atoms with Crippen molar-refractivity contribution >= 4 is 29.6 Å². The van der Waals surface area contributed by atoms with E-state index in [1.54, 1.807) is 12.1 Å². The summed E-state index contributed by atoms with van der Waals surface area (Å²) in [5.74, 6) is 0. The first kappa shape index (κ1) is 7.95. The topological polar surface area (TPSA) is 30.2 Å². The largest absolute Gasteiger partial charge is 0.431 e. The van der Waals surface area contributed by atoms with Gasteiger partial charge in [0, 0.05) is 35.6 Å². The Hall–Kier alpha value is -0.0500. The third kappa shape index (κ3) is 2.31. The molecule has 0 aliphatic carbocycles. The minimum absolute atomic E-state index is 0. The van der Waals surface area contributed by atoms with Crippen LogP contribution >= 0.6 is 0 Å². The predicted molar refractivity (Wildman–Crippen MR) is 30.7 cm³/mol. The van der Waals surface area contributed by atoms with Crippen LogP contribution in [0.3, 0.4) is 0 Å². The van der Waals surface area contributed by atoms with E-state index in [-0.39, 0.29) is 35.2 Å². The fourth-order valence-electron chi connectivity index (χ4n) is 0.325. The van der Waals surface area contributed by atoms with Crippen molar-refractivity contribution in [3.8, 4) is 0 Å². The normalized spacial score (nSPS) is 7.50. The van der Waals surface area contributed by atoms with Gasteiger partial charge in [0.25, 0.3) is 0 Å². The maximum Gasteiger partial charge on any atom is 0.335 e. The fourth-order valence-corrected chi connectivity index (χ4v) is 0.325. The first-order chi connectivity index (χ1) is 3.39. The zero-order chi connectivity index (χ0) is 5.11. The van der Waals surface area contributed by atoms with Gasteiger partial charge >= 0.3 is 5.63 Å². The van der Waals surface area contributed by atoms with E-state index in [1.165, 1.54) is 12.3 Å². The van der Waals surface area contributed by atoms with Gasteiger partial charge < -0.3 is 4.42 Å². The Morgan fingerprint density at radius 3 is 2.38 bits per heavy atom. The summed E-state index contributed by atoms with van der Waals surface area (Å²) in [6.45, 7) is 0. The van der Waals surface area contributed by atoms with Crippen molar-refractivity contribution in [3.63, 3.8) is 0 Å². The van der Waals surface area contributed by atoms with Crippen LogP contribution in [0.15, 0.2) is 33.7 Å². The second-order valence-corrected chi connectivity index (χ2v) is 1.12. The van der Waals surface area contributed by atoms with Gasteiger partial charge in [0.15, 0.2) is 0 Å². The van der Waals surface area contributed by atoms with Crippen molar-refractivity contribution in [2.75, 3.05) is 0 Å². The summed E-state index contributed by atoms with van der Waals surface area (Å²) >= 11 is 0. The van der Waals surface area contributed by atoms with Crippen molar-refractivity contribution in [3.05, 3.63) is 34.9 Å². The van der Waals surface area contributed by atoms with Crippen LogP contribution < -0.4 is 5.63 Å². The molecule has 0 atom stereocenters. The van der Waals surface area contributed by atoms with Gasteiger partial charge in [0.2, 0.25) is 0 Å². The minimum atomic E-state index is -0.303. The van der Waals surface area contributed by atoms with E-state index < -0.39 is 0 Å². The molecule has 1 radical (unpaired) electrons. The fraction of sp³-hybridized carbons (Fsp3) is 0. The van der Waals surface area contributed by atoms with E-state index in [0.717, 1.165) is 0 Å².